The lowest BCUT2D eigenvalue weighted by atomic mass is 9.98. The number of rotatable bonds is 9. The molecule has 0 N–H and O–H groups in total. The minimum Gasteiger partial charge on any atom is -0.463 e. The molecule has 1 fully saturated rings. The van der Waals surface area contributed by atoms with Gasteiger partial charge in [-0.25, -0.2) is 0 Å². The Balaban J connectivity index is 3.29. The van der Waals surface area contributed by atoms with Crippen LogP contribution in [-0.4, -0.2) is 72.9 Å². The van der Waals surface area contributed by atoms with Gasteiger partial charge in [0.15, 0.2) is 12.2 Å². The van der Waals surface area contributed by atoms with Gasteiger partial charge in [0.25, 0.3) is 0 Å². The van der Waals surface area contributed by atoms with Crippen molar-refractivity contribution in [2.45, 2.75) is 78.2 Å². The normalized spacial score (nSPS) is 25.0. The molecular weight excluding hydrogens is 420 g/mol. The van der Waals surface area contributed by atoms with E-state index in [9.17, 15) is 28.8 Å². The molecule has 0 aromatic carbocycles. The Morgan fingerprint density at radius 1 is 0.645 bits per heavy atom. The summed E-state index contributed by atoms with van der Waals surface area (Å²) in [6.07, 6.45) is -7.53. The summed E-state index contributed by atoms with van der Waals surface area (Å²) in [6, 6.07) is 0. The minimum atomic E-state index is -1.57. The zero-order chi connectivity index (χ0) is 23.7. The average molecular weight is 446 g/mol. The van der Waals surface area contributed by atoms with Gasteiger partial charge in [0.2, 0.25) is 12.4 Å². The monoisotopic (exact) mass is 446 g/mol. The van der Waals surface area contributed by atoms with Crippen LogP contribution in [0.3, 0.4) is 0 Å². The highest BCUT2D eigenvalue weighted by Crippen LogP contribution is 2.30. The number of ketones is 1. The highest BCUT2D eigenvalue weighted by molar-refractivity contribution is 5.81. The van der Waals surface area contributed by atoms with E-state index in [0.717, 1.165) is 27.7 Å². The van der Waals surface area contributed by atoms with Crippen molar-refractivity contribution in [2.75, 3.05) is 6.61 Å². The van der Waals surface area contributed by atoms with E-state index in [1.807, 2.05) is 0 Å². The first-order valence-corrected chi connectivity index (χ1v) is 9.40. The Morgan fingerprint density at radius 2 is 1.19 bits per heavy atom. The first kappa shape index (κ1) is 26.0. The Labute approximate surface area is 178 Å². The molecule has 174 valence electrons. The van der Waals surface area contributed by atoms with Gasteiger partial charge in [-0.1, -0.05) is 0 Å². The number of carbonyl (C=O) groups excluding carboxylic acids is 6. The standard InChI is InChI=1S/C19H26O12/c1-9(20)6-7-15(25)31-18-17(28-12(4)23)16(27-11(3)22)14(8-26-10(2)21)30-19(18)29-13(5)24/h14,16-19H,6-8H2,1-5H3/t14-,16+,17+,18-,19?/m1/s1. The lowest BCUT2D eigenvalue weighted by Gasteiger charge is -2.43. The lowest BCUT2D eigenvalue weighted by molar-refractivity contribution is -0.300. The van der Waals surface area contributed by atoms with Gasteiger partial charge in [-0.3, -0.25) is 24.0 Å². The predicted molar refractivity (Wildman–Crippen MR) is 98.0 cm³/mol. The molecule has 31 heavy (non-hydrogen) atoms. The van der Waals surface area contributed by atoms with Crippen molar-refractivity contribution < 1.29 is 57.2 Å². The molecule has 1 saturated heterocycles. The predicted octanol–water partition coefficient (Wildman–Crippen LogP) is -0.0181. The highest BCUT2D eigenvalue weighted by atomic mass is 16.7. The molecule has 0 aromatic heterocycles. The summed E-state index contributed by atoms with van der Waals surface area (Å²) in [5.41, 5.74) is 0. The third-order valence-corrected chi connectivity index (χ3v) is 3.88. The second-order valence-corrected chi connectivity index (χ2v) is 6.76. The van der Waals surface area contributed by atoms with E-state index in [1.165, 1.54) is 6.92 Å². The largest absolute Gasteiger partial charge is 0.463 e. The van der Waals surface area contributed by atoms with Crippen LogP contribution in [0.4, 0.5) is 0 Å². The van der Waals surface area contributed by atoms with E-state index in [4.69, 9.17) is 28.4 Å². The van der Waals surface area contributed by atoms with Crippen LogP contribution in [0.25, 0.3) is 0 Å². The number of esters is 5. The zero-order valence-electron chi connectivity index (χ0n) is 17.9. The molecule has 1 aliphatic heterocycles. The van der Waals surface area contributed by atoms with Crippen LogP contribution >= 0.6 is 0 Å². The van der Waals surface area contributed by atoms with Crippen LogP contribution in [0.2, 0.25) is 0 Å². The van der Waals surface area contributed by atoms with Crippen LogP contribution in [0.5, 0.6) is 0 Å². The van der Waals surface area contributed by atoms with Crippen molar-refractivity contribution in [3.8, 4) is 0 Å². The quantitative estimate of drug-likeness (QED) is 0.345. The molecule has 0 saturated carbocycles. The molecule has 0 aromatic rings. The van der Waals surface area contributed by atoms with Crippen LogP contribution in [0.1, 0.15) is 47.5 Å². The molecule has 1 aliphatic rings. The summed E-state index contributed by atoms with van der Waals surface area (Å²) >= 11 is 0. The number of Topliss-reactive ketones (excluding diaryl/α,β-unsaturated/α-hetero) is 1. The Morgan fingerprint density at radius 3 is 1.68 bits per heavy atom. The Bertz CT molecular complexity index is 715. The van der Waals surface area contributed by atoms with Gasteiger partial charge in [-0.15, -0.1) is 0 Å². The van der Waals surface area contributed by atoms with Gasteiger partial charge in [0.1, 0.15) is 18.5 Å². The first-order valence-electron chi connectivity index (χ1n) is 9.40. The molecule has 5 atom stereocenters. The van der Waals surface area contributed by atoms with Crippen molar-refractivity contribution in [1.29, 1.82) is 0 Å². The number of carbonyl (C=O) groups is 6. The van der Waals surface area contributed by atoms with Gasteiger partial charge in [0.05, 0.1) is 6.42 Å². The van der Waals surface area contributed by atoms with Crippen LogP contribution < -0.4 is 0 Å². The van der Waals surface area contributed by atoms with E-state index in [2.05, 4.69) is 0 Å². The van der Waals surface area contributed by atoms with Crippen molar-refractivity contribution >= 4 is 35.6 Å². The van der Waals surface area contributed by atoms with E-state index in [-0.39, 0.29) is 18.6 Å². The fourth-order valence-electron chi connectivity index (χ4n) is 2.74. The Hall–Kier alpha value is -3.02. The molecule has 1 unspecified atom stereocenters. The fourth-order valence-corrected chi connectivity index (χ4v) is 2.74. The molecule has 12 heteroatoms. The number of hydrogen-bond donors (Lipinski definition) is 0. The van der Waals surface area contributed by atoms with E-state index < -0.39 is 67.2 Å². The second kappa shape index (κ2) is 12.0. The lowest BCUT2D eigenvalue weighted by Crippen LogP contribution is -2.63. The smallest absolute Gasteiger partial charge is 0.306 e. The molecule has 1 rings (SSSR count). The maximum atomic E-state index is 12.2. The molecular formula is C19H26O12. The topological polar surface area (TPSA) is 158 Å². The van der Waals surface area contributed by atoms with E-state index >= 15 is 0 Å². The fraction of sp³-hybridized carbons (Fsp3) is 0.684. The van der Waals surface area contributed by atoms with Gasteiger partial charge in [-0.2, -0.15) is 0 Å². The summed E-state index contributed by atoms with van der Waals surface area (Å²) in [6.45, 7) is 5.20. The van der Waals surface area contributed by atoms with E-state index in [0.29, 0.717) is 0 Å². The van der Waals surface area contributed by atoms with Crippen LogP contribution in [-0.2, 0) is 57.2 Å². The SMILES string of the molecule is CC(=O)CCC(=O)O[C@H]1C(OC(C)=O)O[C@H](COC(C)=O)[C@H](OC(C)=O)[C@@H]1OC(C)=O. The number of ether oxygens (including phenoxy) is 6. The van der Waals surface area contributed by atoms with Crippen molar-refractivity contribution in [2.24, 2.45) is 0 Å². The van der Waals surface area contributed by atoms with E-state index in [1.54, 1.807) is 0 Å². The van der Waals surface area contributed by atoms with Crippen LogP contribution in [0, 0.1) is 0 Å². The summed E-state index contributed by atoms with van der Waals surface area (Å²) in [7, 11) is 0. The van der Waals surface area contributed by atoms with Crippen LogP contribution in [0.15, 0.2) is 0 Å². The van der Waals surface area contributed by atoms with Gasteiger partial charge >= 0.3 is 29.8 Å². The van der Waals surface area contributed by atoms with Gasteiger partial charge in [-0.05, 0) is 6.92 Å². The van der Waals surface area contributed by atoms with Crippen molar-refractivity contribution in [3.63, 3.8) is 0 Å². The second-order valence-electron chi connectivity index (χ2n) is 6.76. The maximum absolute atomic E-state index is 12.2. The molecule has 0 bridgehead atoms. The Kier molecular flexibility index (Phi) is 10.1. The van der Waals surface area contributed by atoms with Gasteiger partial charge < -0.3 is 33.2 Å². The minimum absolute atomic E-state index is 0.106. The summed E-state index contributed by atoms with van der Waals surface area (Å²) in [4.78, 5) is 69.5. The third kappa shape index (κ3) is 9.11. The maximum Gasteiger partial charge on any atom is 0.306 e. The highest BCUT2D eigenvalue weighted by Gasteiger charge is 2.53. The van der Waals surface area contributed by atoms with Gasteiger partial charge in [0, 0.05) is 34.1 Å². The molecule has 0 amide bonds. The van der Waals surface area contributed by atoms with Crippen molar-refractivity contribution in [3.05, 3.63) is 0 Å². The summed E-state index contributed by atoms with van der Waals surface area (Å²) in [5, 5.41) is 0. The molecule has 0 radical (unpaired) electrons. The zero-order valence-corrected chi connectivity index (χ0v) is 17.9. The van der Waals surface area contributed by atoms with Crippen molar-refractivity contribution in [1.82, 2.24) is 0 Å². The molecule has 12 nitrogen and oxygen atoms in total. The molecule has 0 aliphatic carbocycles. The summed E-state index contributed by atoms with van der Waals surface area (Å²) < 4.78 is 31.2. The molecule has 1 heterocycles. The summed E-state index contributed by atoms with van der Waals surface area (Å²) in [5.74, 6) is -4.21. The average Bonchev–Trinajstić information content (AvgIpc) is 2.62. The third-order valence-electron chi connectivity index (χ3n) is 3.88. The molecule has 0 spiro atoms. The first-order chi connectivity index (χ1) is 14.4. The number of hydrogen-bond acceptors (Lipinski definition) is 12.